The molecule has 0 amide bonds. The standard InChI is InChI=1S/C19H19NO2Si/c1-23(21,22)19-14-12-18(13-15-19)20(16-8-4-2-5-9-16)17-10-6-3-7-11-17/h2-15,21-22H,1H3. The van der Waals surface area contributed by atoms with Crippen LogP contribution in [0.2, 0.25) is 6.55 Å². The molecule has 0 aliphatic rings. The van der Waals surface area contributed by atoms with Crippen molar-refractivity contribution in [2.75, 3.05) is 4.90 Å². The third-order valence-corrected chi connectivity index (χ3v) is 5.13. The van der Waals surface area contributed by atoms with Gasteiger partial charge in [-0.05, 0) is 48.1 Å². The van der Waals surface area contributed by atoms with Gasteiger partial charge in [0.05, 0.1) is 0 Å². The van der Waals surface area contributed by atoms with Crippen LogP contribution in [-0.2, 0) is 0 Å². The van der Waals surface area contributed by atoms with Gasteiger partial charge in [0.2, 0.25) is 0 Å². The van der Waals surface area contributed by atoms with Crippen molar-refractivity contribution in [2.24, 2.45) is 0 Å². The van der Waals surface area contributed by atoms with E-state index in [0.29, 0.717) is 5.19 Å². The fourth-order valence-corrected chi connectivity index (χ4v) is 3.33. The van der Waals surface area contributed by atoms with Crippen LogP contribution < -0.4 is 10.1 Å². The maximum absolute atomic E-state index is 9.83. The SMILES string of the molecule is C[Si](O)(O)c1ccc(N(c2ccccc2)c2ccccc2)cc1. The average Bonchev–Trinajstić information content (AvgIpc) is 2.57. The molecule has 3 rings (SSSR count). The number of hydrogen-bond acceptors (Lipinski definition) is 3. The summed E-state index contributed by atoms with van der Waals surface area (Å²) in [6.07, 6.45) is 0. The zero-order valence-electron chi connectivity index (χ0n) is 12.9. The van der Waals surface area contributed by atoms with Gasteiger partial charge in [0.25, 0.3) is 0 Å². The fraction of sp³-hybridized carbons (Fsp3) is 0.0526. The van der Waals surface area contributed by atoms with E-state index in [1.165, 1.54) is 6.55 Å². The summed E-state index contributed by atoms with van der Waals surface area (Å²) in [5.74, 6) is 0. The van der Waals surface area contributed by atoms with E-state index < -0.39 is 8.56 Å². The Labute approximate surface area is 137 Å². The van der Waals surface area contributed by atoms with E-state index in [9.17, 15) is 9.59 Å². The Morgan fingerprint density at radius 3 is 1.39 bits per heavy atom. The third-order valence-electron chi connectivity index (χ3n) is 3.70. The molecule has 0 heterocycles. The highest BCUT2D eigenvalue weighted by atomic mass is 28.4. The largest absolute Gasteiger partial charge is 0.408 e. The van der Waals surface area contributed by atoms with E-state index in [0.717, 1.165) is 17.1 Å². The van der Waals surface area contributed by atoms with E-state index in [2.05, 4.69) is 29.2 Å². The highest BCUT2D eigenvalue weighted by molar-refractivity contribution is 6.77. The molecule has 0 aliphatic carbocycles. The normalized spacial score (nSPS) is 11.3. The molecule has 0 atom stereocenters. The van der Waals surface area contributed by atoms with Crippen molar-refractivity contribution < 1.29 is 9.59 Å². The molecule has 3 aromatic carbocycles. The lowest BCUT2D eigenvalue weighted by atomic mass is 10.2. The number of para-hydroxylation sites is 2. The van der Waals surface area contributed by atoms with E-state index in [1.807, 2.05) is 48.5 Å². The molecule has 0 unspecified atom stereocenters. The topological polar surface area (TPSA) is 43.7 Å². The molecule has 116 valence electrons. The highest BCUT2D eigenvalue weighted by Gasteiger charge is 2.24. The minimum Gasteiger partial charge on any atom is -0.408 e. The van der Waals surface area contributed by atoms with E-state index in [1.54, 1.807) is 12.1 Å². The first-order valence-electron chi connectivity index (χ1n) is 7.51. The van der Waals surface area contributed by atoms with Gasteiger partial charge in [0.1, 0.15) is 0 Å². The lowest BCUT2D eigenvalue weighted by Crippen LogP contribution is -2.44. The zero-order valence-corrected chi connectivity index (χ0v) is 13.9. The Balaban J connectivity index is 2.06. The van der Waals surface area contributed by atoms with Crippen molar-refractivity contribution in [3.05, 3.63) is 84.9 Å². The molecule has 0 bridgehead atoms. The van der Waals surface area contributed by atoms with Gasteiger partial charge >= 0.3 is 8.56 Å². The van der Waals surface area contributed by atoms with Crippen LogP contribution >= 0.6 is 0 Å². The third kappa shape index (κ3) is 3.51. The van der Waals surface area contributed by atoms with E-state index >= 15 is 0 Å². The molecule has 0 aliphatic heterocycles. The molecule has 4 heteroatoms. The van der Waals surface area contributed by atoms with Crippen molar-refractivity contribution in [3.8, 4) is 0 Å². The second-order valence-electron chi connectivity index (χ2n) is 5.57. The Morgan fingerprint density at radius 2 is 1.00 bits per heavy atom. The Bertz CT molecular complexity index is 713. The van der Waals surface area contributed by atoms with Crippen LogP contribution in [0.15, 0.2) is 84.9 Å². The van der Waals surface area contributed by atoms with Crippen molar-refractivity contribution in [2.45, 2.75) is 6.55 Å². The maximum atomic E-state index is 9.83. The minimum atomic E-state index is -3.27. The summed E-state index contributed by atoms with van der Waals surface area (Å²) in [6, 6.07) is 27.6. The molecule has 0 aromatic heterocycles. The Kier molecular flexibility index (Phi) is 4.30. The summed E-state index contributed by atoms with van der Waals surface area (Å²) in [5, 5.41) is 0.599. The molecular weight excluding hydrogens is 302 g/mol. The van der Waals surface area contributed by atoms with Crippen molar-refractivity contribution in [1.29, 1.82) is 0 Å². The first-order chi connectivity index (χ1) is 11.1. The molecule has 2 N–H and O–H groups in total. The molecule has 0 saturated heterocycles. The number of rotatable bonds is 4. The summed E-state index contributed by atoms with van der Waals surface area (Å²) in [6.45, 7) is 1.49. The van der Waals surface area contributed by atoms with Crippen LogP contribution in [0, 0.1) is 0 Å². The molecular formula is C19H19NO2Si. The van der Waals surface area contributed by atoms with Crippen LogP contribution in [0.1, 0.15) is 0 Å². The van der Waals surface area contributed by atoms with Crippen LogP contribution in [0.25, 0.3) is 0 Å². The van der Waals surface area contributed by atoms with Crippen LogP contribution in [0.3, 0.4) is 0 Å². The van der Waals surface area contributed by atoms with Gasteiger partial charge in [-0.3, -0.25) is 0 Å². The predicted octanol–water partition coefficient (Wildman–Crippen LogP) is 3.42. The highest BCUT2D eigenvalue weighted by Crippen LogP contribution is 2.33. The second kappa shape index (κ2) is 6.38. The lowest BCUT2D eigenvalue weighted by Gasteiger charge is -2.26. The van der Waals surface area contributed by atoms with Gasteiger partial charge in [-0.25, -0.2) is 0 Å². The molecule has 3 nitrogen and oxygen atoms in total. The van der Waals surface area contributed by atoms with Gasteiger partial charge < -0.3 is 14.5 Å². The number of hydrogen-bond donors (Lipinski definition) is 2. The van der Waals surface area contributed by atoms with Crippen LogP contribution in [0.4, 0.5) is 17.1 Å². The van der Waals surface area contributed by atoms with Crippen LogP contribution in [-0.4, -0.2) is 18.2 Å². The van der Waals surface area contributed by atoms with E-state index in [4.69, 9.17) is 0 Å². The van der Waals surface area contributed by atoms with Gasteiger partial charge in [0, 0.05) is 17.1 Å². The Morgan fingerprint density at radius 1 is 0.609 bits per heavy atom. The summed E-state index contributed by atoms with van der Waals surface area (Å²) in [7, 11) is -3.27. The van der Waals surface area contributed by atoms with Gasteiger partial charge in [-0.1, -0.05) is 48.5 Å². The average molecular weight is 321 g/mol. The Hall–Kier alpha value is -2.40. The monoisotopic (exact) mass is 321 g/mol. The molecule has 0 radical (unpaired) electrons. The molecule has 0 fully saturated rings. The molecule has 0 saturated carbocycles. The molecule has 23 heavy (non-hydrogen) atoms. The number of benzene rings is 3. The smallest absolute Gasteiger partial charge is 0.363 e. The van der Waals surface area contributed by atoms with Gasteiger partial charge in [-0.15, -0.1) is 0 Å². The van der Waals surface area contributed by atoms with Crippen LogP contribution in [0.5, 0.6) is 0 Å². The molecule has 3 aromatic rings. The lowest BCUT2D eigenvalue weighted by molar-refractivity contribution is 0.392. The summed E-state index contributed by atoms with van der Waals surface area (Å²) < 4.78 is 0. The zero-order chi connectivity index (χ0) is 16.3. The van der Waals surface area contributed by atoms with E-state index in [-0.39, 0.29) is 0 Å². The summed E-state index contributed by atoms with van der Waals surface area (Å²) in [4.78, 5) is 21.8. The van der Waals surface area contributed by atoms with Crippen molar-refractivity contribution in [1.82, 2.24) is 0 Å². The number of nitrogens with zero attached hydrogens (tertiary/aromatic N) is 1. The maximum Gasteiger partial charge on any atom is 0.363 e. The fourth-order valence-electron chi connectivity index (χ4n) is 2.53. The van der Waals surface area contributed by atoms with Gasteiger partial charge in [0.15, 0.2) is 0 Å². The van der Waals surface area contributed by atoms with Crippen molar-refractivity contribution >= 4 is 30.8 Å². The quantitative estimate of drug-likeness (QED) is 0.724. The summed E-state index contributed by atoms with van der Waals surface area (Å²) >= 11 is 0. The first kappa shape index (κ1) is 15.5. The minimum absolute atomic E-state index is 0.599. The van der Waals surface area contributed by atoms with Crippen molar-refractivity contribution in [3.63, 3.8) is 0 Å². The second-order valence-corrected chi connectivity index (χ2v) is 8.19. The van der Waals surface area contributed by atoms with Gasteiger partial charge in [-0.2, -0.15) is 0 Å². The number of anilines is 3. The molecule has 0 spiro atoms. The summed E-state index contributed by atoms with van der Waals surface area (Å²) in [5.41, 5.74) is 3.09. The first-order valence-corrected chi connectivity index (χ1v) is 9.91. The predicted molar refractivity (Wildman–Crippen MR) is 96.8 cm³/mol.